The second kappa shape index (κ2) is 5.21. The van der Waals surface area contributed by atoms with E-state index in [1.54, 1.807) is 6.07 Å². The Bertz CT molecular complexity index is 436. The van der Waals surface area contributed by atoms with E-state index in [-0.39, 0.29) is 11.1 Å². The van der Waals surface area contributed by atoms with Gasteiger partial charge in [-0.3, -0.25) is 0 Å². The molecule has 6 heteroatoms. The van der Waals surface area contributed by atoms with Crippen LogP contribution in [0.1, 0.15) is 18.9 Å². The Morgan fingerprint density at radius 2 is 2.11 bits per heavy atom. The highest BCUT2D eigenvalue weighted by molar-refractivity contribution is 8.00. The SMILES string of the molecule is CC1CC(Nc2ccc(Cl)c(C(F)(F)F)c2)CS1. The quantitative estimate of drug-likeness (QED) is 0.851. The molecule has 0 aromatic heterocycles. The number of halogens is 4. The van der Waals surface area contributed by atoms with Gasteiger partial charge < -0.3 is 5.32 Å². The van der Waals surface area contributed by atoms with Crippen molar-refractivity contribution >= 4 is 29.1 Å². The Kier molecular flexibility index (Phi) is 4.02. The summed E-state index contributed by atoms with van der Waals surface area (Å²) in [6.07, 6.45) is -3.44. The predicted octanol–water partition coefficient (Wildman–Crippen LogP) is 4.66. The molecule has 0 bridgehead atoms. The maximum atomic E-state index is 12.7. The fraction of sp³-hybridized carbons (Fsp3) is 0.500. The smallest absolute Gasteiger partial charge is 0.381 e. The van der Waals surface area contributed by atoms with E-state index in [2.05, 4.69) is 12.2 Å². The number of alkyl halides is 3. The van der Waals surface area contributed by atoms with Crippen LogP contribution in [0, 0.1) is 0 Å². The van der Waals surface area contributed by atoms with Crippen molar-refractivity contribution in [3.63, 3.8) is 0 Å². The Labute approximate surface area is 113 Å². The monoisotopic (exact) mass is 295 g/mol. The van der Waals surface area contributed by atoms with Crippen molar-refractivity contribution < 1.29 is 13.2 Å². The number of hydrogen-bond donors (Lipinski definition) is 1. The number of thioether (sulfide) groups is 1. The lowest BCUT2D eigenvalue weighted by Crippen LogP contribution is -2.19. The molecule has 0 amide bonds. The third-order valence-electron chi connectivity index (χ3n) is 2.84. The van der Waals surface area contributed by atoms with Gasteiger partial charge in [-0.25, -0.2) is 0 Å². The summed E-state index contributed by atoms with van der Waals surface area (Å²) >= 11 is 7.40. The third kappa shape index (κ3) is 3.26. The number of benzene rings is 1. The molecule has 0 saturated carbocycles. The molecule has 1 aromatic rings. The van der Waals surface area contributed by atoms with Crippen LogP contribution in [0.15, 0.2) is 18.2 Å². The molecule has 0 spiro atoms. The number of rotatable bonds is 2. The van der Waals surface area contributed by atoms with Crippen molar-refractivity contribution in [3.05, 3.63) is 28.8 Å². The summed E-state index contributed by atoms with van der Waals surface area (Å²) in [6, 6.07) is 4.19. The minimum Gasteiger partial charge on any atom is -0.381 e. The molecule has 1 nitrogen and oxygen atoms in total. The van der Waals surface area contributed by atoms with Crippen LogP contribution in [-0.2, 0) is 6.18 Å². The summed E-state index contributed by atoms with van der Waals surface area (Å²) in [6.45, 7) is 2.12. The first-order valence-corrected chi connectivity index (χ1v) is 7.04. The van der Waals surface area contributed by atoms with Crippen LogP contribution in [0.25, 0.3) is 0 Å². The average molecular weight is 296 g/mol. The van der Waals surface area contributed by atoms with Gasteiger partial charge in [-0.1, -0.05) is 18.5 Å². The zero-order valence-electron chi connectivity index (χ0n) is 9.72. The van der Waals surface area contributed by atoms with E-state index in [1.165, 1.54) is 6.07 Å². The summed E-state index contributed by atoms with van der Waals surface area (Å²) < 4.78 is 38.1. The molecule has 18 heavy (non-hydrogen) atoms. The molecule has 1 aromatic carbocycles. The van der Waals surface area contributed by atoms with Crippen molar-refractivity contribution in [2.75, 3.05) is 11.1 Å². The fourth-order valence-corrected chi connectivity index (χ4v) is 3.36. The molecule has 1 saturated heterocycles. The van der Waals surface area contributed by atoms with E-state index in [4.69, 9.17) is 11.6 Å². The fourth-order valence-electron chi connectivity index (χ4n) is 1.99. The maximum Gasteiger partial charge on any atom is 0.417 e. The molecule has 0 aliphatic carbocycles. The molecule has 0 radical (unpaired) electrons. The minimum atomic E-state index is -4.41. The summed E-state index contributed by atoms with van der Waals surface area (Å²) in [7, 11) is 0. The first kappa shape index (κ1) is 13.9. The standard InChI is InChI=1S/C12H13ClF3NS/c1-7-4-9(6-18-7)17-8-2-3-11(13)10(5-8)12(14,15)16/h2-3,5,7,9,17H,4,6H2,1H3. The van der Waals surface area contributed by atoms with Gasteiger partial charge in [0.1, 0.15) is 0 Å². The van der Waals surface area contributed by atoms with E-state index in [9.17, 15) is 13.2 Å². The highest BCUT2D eigenvalue weighted by atomic mass is 35.5. The molecular formula is C12H13ClF3NS. The Hall–Kier alpha value is -0.550. The second-order valence-corrected chi connectivity index (χ2v) is 6.29. The largest absolute Gasteiger partial charge is 0.417 e. The third-order valence-corrected chi connectivity index (χ3v) is 4.53. The lowest BCUT2D eigenvalue weighted by Gasteiger charge is -2.16. The van der Waals surface area contributed by atoms with Crippen LogP contribution in [0.4, 0.5) is 18.9 Å². The molecule has 100 valence electrons. The lowest BCUT2D eigenvalue weighted by atomic mass is 10.1. The predicted molar refractivity (Wildman–Crippen MR) is 70.4 cm³/mol. The summed E-state index contributed by atoms with van der Waals surface area (Å²) in [5, 5.41) is 3.42. The number of nitrogens with one attached hydrogen (secondary N) is 1. The van der Waals surface area contributed by atoms with Gasteiger partial charge in [-0.05, 0) is 24.6 Å². The molecule has 2 rings (SSSR count). The highest BCUT2D eigenvalue weighted by Gasteiger charge is 2.33. The average Bonchev–Trinajstić information content (AvgIpc) is 2.65. The summed E-state index contributed by atoms with van der Waals surface area (Å²) in [5.41, 5.74) is -0.306. The van der Waals surface area contributed by atoms with Gasteiger partial charge in [0.2, 0.25) is 0 Å². The molecule has 1 aliphatic heterocycles. The van der Waals surface area contributed by atoms with Crippen LogP contribution in [-0.4, -0.2) is 17.0 Å². The van der Waals surface area contributed by atoms with Crippen LogP contribution >= 0.6 is 23.4 Å². The van der Waals surface area contributed by atoms with Gasteiger partial charge in [-0.15, -0.1) is 0 Å². The normalized spacial score (nSPS) is 24.3. The highest BCUT2D eigenvalue weighted by Crippen LogP contribution is 2.37. The number of hydrogen-bond acceptors (Lipinski definition) is 2. The van der Waals surface area contributed by atoms with Gasteiger partial charge in [0.05, 0.1) is 10.6 Å². The van der Waals surface area contributed by atoms with E-state index >= 15 is 0 Å². The van der Waals surface area contributed by atoms with Gasteiger partial charge in [-0.2, -0.15) is 24.9 Å². The minimum absolute atomic E-state index is 0.229. The summed E-state index contributed by atoms with van der Waals surface area (Å²) in [4.78, 5) is 0. The Balaban J connectivity index is 2.15. The maximum absolute atomic E-state index is 12.7. The molecule has 1 fully saturated rings. The lowest BCUT2D eigenvalue weighted by molar-refractivity contribution is -0.137. The Morgan fingerprint density at radius 1 is 1.39 bits per heavy atom. The van der Waals surface area contributed by atoms with Crippen LogP contribution in [0.3, 0.4) is 0 Å². The Morgan fingerprint density at radius 3 is 2.67 bits per heavy atom. The topological polar surface area (TPSA) is 12.0 Å². The van der Waals surface area contributed by atoms with Crippen molar-refractivity contribution in [1.29, 1.82) is 0 Å². The zero-order chi connectivity index (χ0) is 13.3. The zero-order valence-corrected chi connectivity index (χ0v) is 11.3. The first-order valence-electron chi connectivity index (χ1n) is 5.61. The van der Waals surface area contributed by atoms with Crippen molar-refractivity contribution in [2.45, 2.75) is 30.8 Å². The van der Waals surface area contributed by atoms with Gasteiger partial charge >= 0.3 is 6.18 Å². The van der Waals surface area contributed by atoms with E-state index in [0.29, 0.717) is 10.9 Å². The second-order valence-electron chi connectivity index (χ2n) is 4.41. The van der Waals surface area contributed by atoms with Crippen LogP contribution < -0.4 is 5.32 Å². The van der Waals surface area contributed by atoms with Crippen LogP contribution in [0.5, 0.6) is 0 Å². The van der Waals surface area contributed by atoms with Crippen molar-refractivity contribution in [3.8, 4) is 0 Å². The molecule has 1 heterocycles. The van der Waals surface area contributed by atoms with Crippen molar-refractivity contribution in [2.24, 2.45) is 0 Å². The van der Waals surface area contributed by atoms with E-state index in [1.807, 2.05) is 11.8 Å². The first-order chi connectivity index (χ1) is 8.36. The molecule has 1 aliphatic rings. The van der Waals surface area contributed by atoms with E-state index in [0.717, 1.165) is 18.2 Å². The molecule has 1 N–H and O–H groups in total. The molecular weight excluding hydrogens is 283 g/mol. The van der Waals surface area contributed by atoms with E-state index < -0.39 is 11.7 Å². The van der Waals surface area contributed by atoms with Gasteiger partial charge in [0.15, 0.2) is 0 Å². The van der Waals surface area contributed by atoms with Crippen LogP contribution in [0.2, 0.25) is 5.02 Å². The molecule has 2 unspecified atom stereocenters. The van der Waals surface area contributed by atoms with Gasteiger partial charge in [0.25, 0.3) is 0 Å². The number of anilines is 1. The van der Waals surface area contributed by atoms with Gasteiger partial charge in [0, 0.05) is 22.7 Å². The summed E-state index contributed by atoms with van der Waals surface area (Å²) in [5.74, 6) is 0.922. The van der Waals surface area contributed by atoms with Crippen molar-refractivity contribution in [1.82, 2.24) is 0 Å². The molecule has 2 atom stereocenters.